The van der Waals surface area contributed by atoms with Crippen molar-refractivity contribution in [3.63, 3.8) is 0 Å². The molecule has 6 nitrogen and oxygen atoms in total. The Morgan fingerprint density at radius 3 is 2.47 bits per heavy atom. The summed E-state index contributed by atoms with van der Waals surface area (Å²) in [6, 6.07) is 24.0. The van der Waals surface area contributed by atoms with Crippen molar-refractivity contribution in [1.82, 2.24) is 14.8 Å². The summed E-state index contributed by atoms with van der Waals surface area (Å²) >= 11 is 1.40. The predicted octanol–water partition coefficient (Wildman–Crippen LogP) is 5.54. The minimum atomic E-state index is -0.0673. The molecule has 4 rings (SSSR count). The first kappa shape index (κ1) is 23.6. The lowest BCUT2D eigenvalue weighted by atomic mass is 10.1. The summed E-state index contributed by atoms with van der Waals surface area (Å²) in [5.41, 5.74) is 5.26. The number of rotatable bonds is 9. The van der Waals surface area contributed by atoms with Gasteiger partial charge in [-0.25, -0.2) is 0 Å². The number of thioether (sulfide) groups is 1. The van der Waals surface area contributed by atoms with Gasteiger partial charge >= 0.3 is 0 Å². The molecular formula is C27H28N4O2S. The lowest BCUT2D eigenvalue weighted by Crippen LogP contribution is -2.16. The highest BCUT2D eigenvalue weighted by atomic mass is 32.2. The van der Waals surface area contributed by atoms with Crippen LogP contribution in [0.1, 0.15) is 16.7 Å². The molecule has 1 heterocycles. The second kappa shape index (κ2) is 11.0. The lowest BCUT2D eigenvalue weighted by molar-refractivity contribution is -0.113. The van der Waals surface area contributed by atoms with E-state index in [4.69, 9.17) is 4.74 Å². The highest BCUT2D eigenvalue weighted by Gasteiger charge is 2.16. The summed E-state index contributed by atoms with van der Waals surface area (Å²) in [5.74, 6) is 1.74. The number of carbonyl (C=O) groups excluding carboxylic acids is 1. The molecule has 0 aliphatic carbocycles. The molecule has 1 amide bonds. The highest BCUT2D eigenvalue weighted by Crippen LogP contribution is 2.26. The molecule has 0 aliphatic heterocycles. The van der Waals surface area contributed by atoms with Crippen molar-refractivity contribution in [2.24, 2.45) is 0 Å². The van der Waals surface area contributed by atoms with Gasteiger partial charge < -0.3 is 14.6 Å². The number of methoxy groups -OCH3 is 1. The molecule has 0 bridgehead atoms. The van der Waals surface area contributed by atoms with Crippen LogP contribution >= 0.6 is 11.8 Å². The summed E-state index contributed by atoms with van der Waals surface area (Å²) in [7, 11) is 1.65. The van der Waals surface area contributed by atoms with Crippen molar-refractivity contribution in [2.45, 2.75) is 32.0 Å². The molecule has 0 atom stereocenters. The first-order valence-electron chi connectivity index (χ1n) is 11.2. The van der Waals surface area contributed by atoms with E-state index < -0.39 is 0 Å². The molecule has 1 aromatic heterocycles. The molecule has 4 aromatic rings. The van der Waals surface area contributed by atoms with Crippen LogP contribution in [0.5, 0.6) is 5.75 Å². The van der Waals surface area contributed by atoms with Crippen LogP contribution in [-0.4, -0.2) is 33.5 Å². The zero-order chi connectivity index (χ0) is 23.9. The second-order valence-corrected chi connectivity index (χ2v) is 8.95. The molecule has 1 N–H and O–H groups in total. The minimum absolute atomic E-state index is 0.0673. The molecule has 7 heteroatoms. The summed E-state index contributed by atoms with van der Waals surface area (Å²) in [6.45, 7) is 4.76. The smallest absolute Gasteiger partial charge is 0.234 e. The Balaban J connectivity index is 1.52. The van der Waals surface area contributed by atoms with E-state index in [9.17, 15) is 4.79 Å². The summed E-state index contributed by atoms with van der Waals surface area (Å²) < 4.78 is 7.37. The maximum absolute atomic E-state index is 12.7. The molecule has 0 unspecified atom stereocenters. The fourth-order valence-corrected chi connectivity index (χ4v) is 4.40. The minimum Gasteiger partial charge on any atom is -0.497 e. The van der Waals surface area contributed by atoms with Gasteiger partial charge in [0.25, 0.3) is 0 Å². The fourth-order valence-electron chi connectivity index (χ4n) is 3.64. The van der Waals surface area contributed by atoms with Crippen molar-refractivity contribution in [2.75, 3.05) is 18.2 Å². The maximum Gasteiger partial charge on any atom is 0.234 e. The van der Waals surface area contributed by atoms with Crippen LogP contribution < -0.4 is 10.1 Å². The van der Waals surface area contributed by atoms with Gasteiger partial charge in [0, 0.05) is 17.8 Å². The Morgan fingerprint density at radius 1 is 0.971 bits per heavy atom. The van der Waals surface area contributed by atoms with E-state index in [1.54, 1.807) is 7.11 Å². The third kappa shape index (κ3) is 5.66. The topological polar surface area (TPSA) is 69.0 Å². The number of ether oxygens (including phenoxy) is 1. The molecule has 0 radical (unpaired) electrons. The number of aromatic nitrogens is 3. The van der Waals surface area contributed by atoms with Crippen molar-refractivity contribution >= 4 is 23.4 Å². The Labute approximate surface area is 204 Å². The van der Waals surface area contributed by atoms with Gasteiger partial charge in [-0.05, 0) is 67.3 Å². The van der Waals surface area contributed by atoms with Crippen LogP contribution in [0.3, 0.4) is 0 Å². The van der Waals surface area contributed by atoms with Crippen LogP contribution in [0.15, 0.2) is 78.0 Å². The molecule has 0 fully saturated rings. The van der Waals surface area contributed by atoms with Crippen molar-refractivity contribution in [3.8, 4) is 17.1 Å². The first-order chi connectivity index (χ1) is 16.5. The Hall–Kier alpha value is -3.58. The average molecular weight is 473 g/mol. The summed E-state index contributed by atoms with van der Waals surface area (Å²) in [6.07, 6.45) is 0.838. The van der Waals surface area contributed by atoms with E-state index in [1.807, 2.05) is 74.5 Å². The van der Waals surface area contributed by atoms with E-state index in [1.165, 1.54) is 17.3 Å². The zero-order valence-electron chi connectivity index (χ0n) is 19.6. The van der Waals surface area contributed by atoms with Gasteiger partial charge in [-0.3, -0.25) is 4.79 Å². The largest absolute Gasteiger partial charge is 0.497 e. The van der Waals surface area contributed by atoms with Crippen molar-refractivity contribution < 1.29 is 9.53 Å². The van der Waals surface area contributed by atoms with Gasteiger partial charge in [-0.1, -0.05) is 54.2 Å². The van der Waals surface area contributed by atoms with Gasteiger partial charge in [0.05, 0.1) is 12.9 Å². The van der Waals surface area contributed by atoms with Crippen LogP contribution in [0.25, 0.3) is 11.4 Å². The van der Waals surface area contributed by atoms with Crippen molar-refractivity contribution in [3.05, 3.63) is 89.5 Å². The van der Waals surface area contributed by atoms with Gasteiger partial charge in [-0.2, -0.15) is 0 Å². The van der Waals surface area contributed by atoms with E-state index in [0.29, 0.717) is 6.54 Å². The quantitative estimate of drug-likeness (QED) is 0.324. The lowest BCUT2D eigenvalue weighted by Gasteiger charge is -2.12. The van der Waals surface area contributed by atoms with Gasteiger partial charge in [0.2, 0.25) is 5.91 Å². The number of anilines is 1. The van der Waals surface area contributed by atoms with Crippen LogP contribution in [-0.2, 0) is 17.8 Å². The third-order valence-electron chi connectivity index (χ3n) is 5.74. The molecule has 0 aliphatic rings. The molecule has 0 saturated carbocycles. The number of hydrogen-bond acceptors (Lipinski definition) is 5. The number of amides is 1. The number of nitrogens with zero attached hydrogens (tertiary/aromatic N) is 3. The highest BCUT2D eigenvalue weighted by molar-refractivity contribution is 7.99. The normalized spacial score (nSPS) is 10.8. The van der Waals surface area contributed by atoms with Gasteiger partial charge in [0.15, 0.2) is 11.0 Å². The average Bonchev–Trinajstić information content (AvgIpc) is 3.27. The summed E-state index contributed by atoms with van der Waals surface area (Å²) in [5, 5.41) is 12.6. The number of aryl methyl sites for hydroxylation is 2. The standard InChI is InChI=1S/C27H28N4O2S/c1-19-8-7-11-24(20(19)2)28-25(32)18-34-27-30-29-26(22-12-14-23(33-3)15-13-22)31(27)17-16-21-9-5-4-6-10-21/h4-15H,16-18H2,1-3H3,(H,28,32). The molecule has 0 spiro atoms. The zero-order valence-corrected chi connectivity index (χ0v) is 20.4. The van der Waals surface area contributed by atoms with Crippen LogP contribution in [0.2, 0.25) is 0 Å². The number of hydrogen-bond donors (Lipinski definition) is 1. The van der Waals surface area contributed by atoms with E-state index in [0.717, 1.165) is 45.5 Å². The van der Waals surface area contributed by atoms with Crippen molar-refractivity contribution in [1.29, 1.82) is 0 Å². The van der Waals surface area contributed by atoms with Crippen LogP contribution in [0, 0.1) is 13.8 Å². The molecule has 34 heavy (non-hydrogen) atoms. The number of benzene rings is 3. The Bertz CT molecular complexity index is 1250. The fraction of sp³-hybridized carbons (Fsp3) is 0.222. The molecular weight excluding hydrogens is 444 g/mol. The number of carbonyl (C=O) groups is 1. The van der Waals surface area contributed by atoms with E-state index >= 15 is 0 Å². The van der Waals surface area contributed by atoms with Gasteiger partial charge in [0.1, 0.15) is 5.75 Å². The SMILES string of the molecule is COc1ccc(-c2nnc(SCC(=O)Nc3cccc(C)c3C)n2CCc2ccccc2)cc1. The summed E-state index contributed by atoms with van der Waals surface area (Å²) in [4.78, 5) is 12.7. The van der Waals surface area contributed by atoms with Gasteiger partial charge in [-0.15, -0.1) is 10.2 Å². The molecule has 0 saturated heterocycles. The van der Waals surface area contributed by atoms with E-state index in [-0.39, 0.29) is 11.7 Å². The Morgan fingerprint density at radius 2 is 1.74 bits per heavy atom. The first-order valence-corrected chi connectivity index (χ1v) is 12.1. The third-order valence-corrected chi connectivity index (χ3v) is 6.71. The molecule has 174 valence electrons. The van der Waals surface area contributed by atoms with Crippen LogP contribution in [0.4, 0.5) is 5.69 Å². The maximum atomic E-state index is 12.7. The second-order valence-electron chi connectivity index (χ2n) is 8.01. The number of nitrogens with one attached hydrogen (secondary N) is 1. The monoisotopic (exact) mass is 472 g/mol. The molecule has 3 aromatic carbocycles. The predicted molar refractivity (Wildman–Crippen MR) is 137 cm³/mol. The van der Waals surface area contributed by atoms with E-state index in [2.05, 4.69) is 32.2 Å². The Kier molecular flexibility index (Phi) is 7.65.